The summed E-state index contributed by atoms with van der Waals surface area (Å²) in [6.07, 6.45) is 5.34. The van der Waals surface area contributed by atoms with Crippen LogP contribution in [0.4, 0.5) is 0 Å². The molecule has 0 radical (unpaired) electrons. The van der Waals surface area contributed by atoms with Gasteiger partial charge in [-0.25, -0.2) is 0 Å². The second kappa shape index (κ2) is 18.0. The molecule has 0 spiro atoms. The van der Waals surface area contributed by atoms with Gasteiger partial charge in [0.25, 0.3) is 0 Å². The van der Waals surface area contributed by atoms with Gasteiger partial charge in [0, 0.05) is 19.0 Å². The molecular weight excluding hydrogens is 536 g/mol. The van der Waals surface area contributed by atoms with E-state index in [-0.39, 0.29) is 23.9 Å². The Morgan fingerprint density at radius 2 is 1.70 bits per heavy atom. The van der Waals surface area contributed by atoms with E-state index in [1.807, 2.05) is 61.6 Å². The number of likely N-dealkylation sites (tertiary alicyclic amines) is 1. The average Bonchev–Trinajstić information content (AvgIpc) is 2.98. The highest BCUT2D eigenvalue weighted by atomic mass is 16.5. The lowest BCUT2D eigenvalue weighted by Crippen LogP contribution is -2.57. The Hall–Kier alpha value is -2.90. The van der Waals surface area contributed by atoms with Crippen LogP contribution in [0.5, 0.6) is 5.75 Å². The quantitative estimate of drug-likeness (QED) is 0.247. The van der Waals surface area contributed by atoms with E-state index < -0.39 is 6.04 Å². The van der Waals surface area contributed by atoms with Crippen molar-refractivity contribution in [2.45, 2.75) is 97.9 Å². The van der Waals surface area contributed by atoms with E-state index >= 15 is 0 Å². The molecule has 7 nitrogen and oxygen atoms in total. The second-order valence-corrected chi connectivity index (χ2v) is 13.1. The highest BCUT2D eigenvalue weighted by Crippen LogP contribution is 2.18. The van der Waals surface area contributed by atoms with Crippen LogP contribution in [0, 0.1) is 11.8 Å². The van der Waals surface area contributed by atoms with Crippen molar-refractivity contribution >= 4 is 11.8 Å². The fourth-order valence-electron chi connectivity index (χ4n) is 5.72. The van der Waals surface area contributed by atoms with Crippen molar-refractivity contribution in [2.75, 3.05) is 33.2 Å². The van der Waals surface area contributed by atoms with Gasteiger partial charge < -0.3 is 20.3 Å². The number of hydrogen-bond donors (Lipinski definition) is 2. The van der Waals surface area contributed by atoms with E-state index in [9.17, 15) is 9.59 Å². The minimum Gasteiger partial charge on any atom is -0.489 e. The molecule has 2 N–H and O–H groups in total. The van der Waals surface area contributed by atoms with Gasteiger partial charge in [-0.05, 0) is 93.9 Å². The molecule has 2 aromatic carbocycles. The van der Waals surface area contributed by atoms with Crippen molar-refractivity contribution in [2.24, 2.45) is 11.8 Å². The standard InChI is InChI=1S/C36H56N4O3/c1-7-20-40-21-11-14-31(25-40)37-35(41)33(38-36(42)34(23-28(4)5)39(6)22-19-27(2)3)24-29-15-17-32(18-16-29)43-26-30-12-9-8-10-13-30/h8-10,12-13,15-18,27-28,31,33-34H,7,11,14,19-26H2,1-6H3,(H,37,41)(H,38,42)/t31?,33-,34+/m0/s1. The summed E-state index contributed by atoms with van der Waals surface area (Å²) in [4.78, 5) is 32.2. The number of benzene rings is 2. The molecule has 3 atom stereocenters. The van der Waals surface area contributed by atoms with Gasteiger partial charge in [-0.15, -0.1) is 0 Å². The summed E-state index contributed by atoms with van der Waals surface area (Å²) in [5.41, 5.74) is 2.10. The molecule has 7 heteroatoms. The highest BCUT2D eigenvalue weighted by molar-refractivity contribution is 5.90. The lowest BCUT2D eigenvalue weighted by Gasteiger charge is -2.34. The van der Waals surface area contributed by atoms with Gasteiger partial charge in [-0.1, -0.05) is 77.1 Å². The van der Waals surface area contributed by atoms with E-state index in [0.717, 1.165) is 75.2 Å². The molecule has 2 amide bonds. The first-order valence-electron chi connectivity index (χ1n) is 16.4. The number of amides is 2. The summed E-state index contributed by atoms with van der Waals surface area (Å²) in [5, 5.41) is 6.49. The molecule has 1 aliphatic heterocycles. The number of piperidine rings is 1. The van der Waals surface area contributed by atoms with E-state index in [2.05, 4.69) is 55.1 Å². The van der Waals surface area contributed by atoms with Crippen molar-refractivity contribution in [1.82, 2.24) is 20.4 Å². The van der Waals surface area contributed by atoms with Crippen molar-refractivity contribution in [3.63, 3.8) is 0 Å². The predicted octanol–water partition coefficient (Wildman–Crippen LogP) is 5.68. The maximum absolute atomic E-state index is 13.8. The normalized spacial score (nSPS) is 17.2. The molecule has 0 bridgehead atoms. The first-order valence-corrected chi connectivity index (χ1v) is 16.4. The highest BCUT2D eigenvalue weighted by Gasteiger charge is 2.30. The molecule has 0 aliphatic carbocycles. The lowest BCUT2D eigenvalue weighted by molar-refractivity contribution is -0.132. The molecule has 3 rings (SSSR count). The summed E-state index contributed by atoms with van der Waals surface area (Å²) in [6.45, 7) is 15.2. The molecule has 238 valence electrons. The molecular formula is C36H56N4O3. The number of carbonyl (C=O) groups excluding carboxylic acids is 2. The Morgan fingerprint density at radius 3 is 2.35 bits per heavy atom. The molecule has 0 aromatic heterocycles. The SMILES string of the molecule is CCCN1CCCC(NC(=O)[C@H](Cc2ccc(OCc3ccccc3)cc2)NC(=O)[C@@H](CC(C)C)N(C)CCC(C)C)C1. The van der Waals surface area contributed by atoms with Crippen LogP contribution in [0.3, 0.4) is 0 Å². The van der Waals surface area contributed by atoms with Gasteiger partial charge in [0.1, 0.15) is 18.4 Å². The minimum atomic E-state index is -0.654. The summed E-state index contributed by atoms with van der Waals surface area (Å²) in [5.74, 6) is 1.53. The van der Waals surface area contributed by atoms with Crippen LogP contribution >= 0.6 is 0 Å². The topological polar surface area (TPSA) is 73.9 Å². The number of nitrogens with one attached hydrogen (secondary N) is 2. The summed E-state index contributed by atoms with van der Waals surface area (Å²) in [6, 6.07) is 17.1. The molecule has 1 aliphatic rings. The number of carbonyl (C=O) groups is 2. The Labute approximate surface area is 260 Å². The third-order valence-electron chi connectivity index (χ3n) is 8.22. The zero-order chi connectivity index (χ0) is 31.2. The molecule has 0 saturated carbocycles. The van der Waals surface area contributed by atoms with Crippen LogP contribution in [0.15, 0.2) is 54.6 Å². The van der Waals surface area contributed by atoms with E-state index in [1.165, 1.54) is 0 Å². The Kier molecular flexibility index (Phi) is 14.5. The summed E-state index contributed by atoms with van der Waals surface area (Å²) < 4.78 is 5.97. The maximum Gasteiger partial charge on any atom is 0.243 e. The van der Waals surface area contributed by atoms with E-state index in [4.69, 9.17) is 4.74 Å². The Bertz CT molecular complexity index is 1090. The number of rotatable bonds is 17. The fraction of sp³-hybridized carbons (Fsp3) is 0.611. The third-order valence-corrected chi connectivity index (χ3v) is 8.22. The van der Waals surface area contributed by atoms with Crippen LogP contribution < -0.4 is 15.4 Å². The Morgan fingerprint density at radius 1 is 0.977 bits per heavy atom. The number of hydrogen-bond acceptors (Lipinski definition) is 5. The zero-order valence-corrected chi connectivity index (χ0v) is 27.5. The molecule has 1 unspecified atom stereocenters. The fourth-order valence-corrected chi connectivity index (χ4v) is 5.72. The Balaban J connectivity index is 1.73. The van der Waals surface area contributed by atoms with Crippen LogP contribution in [0.25, 0.3) is 0 Å². The van der Waals surface area contributed by atoms with Crippen molar-refractivity contribution in [3.05, 3.63) is 65.7 Å². The molecule has 43 heavy (non-hydrogen) atoms. The molecule has 2 aromatic rings. The summed E-state index contributed by atoms with van der Waals surface area (Å²) in [7, 11) is 2.03. The van der Waals surface area contributed by atoms with Gasteiger partial charge in [0.2, 0.25) is 11.8 Å². The molecule has 1 saturated heterocycles. The largest absolute Gasteiger partial charge is 0.489 e. The predicted molar refractivity (Wildman–Crippen MR) is 176 cm³/mol. The molecule has 1 heterocycles. The van der Waals surface area contributed by atoms with Crippen LogP contribution in [-0.4, -0.2) is 73.0 Å². The smallest absolute Gasteiger partial charge is 0.243 e. The van der Waals surface area contributed by atoms with E-state index in [1.54, 1.807) is 0 Å². The lowest BCUT2D eigenvalue weighted by atomic mass is 9.99. The third kappa shape index (κ3) is 12.3. The number of ether oxygens (including phenoxy) is 1. The van der Waals surface area contributed by atoms with Gasteiger partial charge in [-0.2, -0.15) is 0 Å². The first-order chi connectivity index (χ1) is 20.6. The van der Waals surface area contributed by atoms with Gasteiger partial charge in [0.15, 0.2) is 0 Å². The average molecular weight is 593 g/mol. The minimum absolute atomic E-state index is 0.0702. The van der Waals surface area contributed by atoms with Crippen molar-refractivity contribution in [3.8, 4) is 5.75 Å². The van der Waals surface area contributed by atoms with Crippen molar-refractivity contribution in [1.29, 1.82) is 0 Å². The van der Waals surface area contributed by atoms with Gasteiger partial charge in [-0.3, -0.25) is 14.5 Å². The van der Waals surface area contributed by atoms with Gasteiger partial charge >= 0.3 is 0 Å². The monoisotopic (exact) mass is 592 g/mol. The summed E-state index contributed by atoms with van der Waals surface area (Å²) >= 11 is 0. The van der Waals surface area contributed by atoms with Crippen LogP contribution in [0.2, 0.25) is 0 Å². The van der Waals surface area contributed by atoms with Gasteiger partial charge in [0.05, 0.1) is 6.04 Å². The first kappa shape index (κ1) is 34.6. The number of nitrogens with zero attached hydrogens (tertiary/aromatic N) is 2. The van der Waals surface area contributed by atoms with Crippen LogP contribution in [-0.2, 0) is 22.6 Å². The number of likely N-dealkylation sites (N-methyl/N-ethyl adjacent to an activating group) is 1. The zero-order valence-electron chi connectivity index (χ0n) is 27.5. The van der Waals surface area contributed by atoms with E-state index in [0.29, 0.717) is 24.9 Å². The van der Waals surface area contributed by atoms with Crippen molar-refractivity contribution < 1.29 is 14.3 Å². The molecule has 1 fully saturated rings. The second-order valence-electron chi connectivity index (χ2n) is 13.1. The maximum atomic E-state index is 13.8. The van der Waals surface area contributed by atoms with Crippen LogP contribution in [0.1, 0.15) is 77.8 Å².